The number of aromatic nitrogens is 6. The molecule has 4 rings (SSSR count). The molecule has 0 fully saturated rings. The lowest BCUT2D eigenvalue weighted by atomic mass is 10.1. The van der Waals surface area contributed by atoms with Crippen molar-refractivity contribution in [2.24, 2.45) is 0 Å². The van der Waals surface area contributed by atoms with Gasteiger partial charge in [-0.3, -0.25) is 9.20 Å². The fourth-order valence-electron chi connectivity index (χ4n) is 2.76. The SMILES string of the molecule is CC(NC(=O)c1ccc(Cn2cncn2)cc1)c1nnc2ccccn12. The predicted octanol–water partition coefficient (Wildman–Crippen LogP) is 1.86. The highest BCUT2D eigenvalue weighted by molar-refractivity contribution is 5.94. The second-order valence-corrected chi connectivity index (χ2v) is 5.97. The standard InChI is InChI=1S/C18H17N7O/c1-13(17-23-22-16-4-2-3-9-25(16)17)21-18(26)15-7-5-14(6-8-15)10-24-12-19-11-20-24/h2-9,11-13H,10H2,1H3,(H,21,26). The van der Waals surface area contributed by atoms with Crippen LogP contribution in [0.5, 0.6) is 0 Å². The summed E-state index contributed by atoms with van der Waals surface area (Å²) in [5.41, 5.74) is 2.39. The van der Waals surface area contributed by atoms with Crippen LogP contribution in [0.2, 0.25) is 0 Å². The fourth-order valence-corrected chi connectivity index (χ4v) is 2.76. The largest absolute Gasteiger partial charge is 0.342 e. The van der Waals surface area contributed by atoms with E-state index < -0.39 is 0 Å². The normalized spacial score (nSPS) is 12.2. The minimum atomic E-state index is -0.269. The quantitative estimate of drug-likeness (QED) is 0.595. The molecule has 3 heterocycles. The molecule has 0 saturated carbocycles. The van der Waals surface area contributed by atoms with Crippen LogP contribution >= 0.6 is 0 Å². The third kappa shape index (κ3) is 3.16. The van der Waals surface area contributed by atoms with E-state index in [1.165, 1.54) is 6.33 Å². The zero-order chi connectivity index (χ0) is 17.9. The molecular weight excluding hydrogens is 330 g/mol. The highest BCUT2D eigenvalue weighted by Gasteiger charge is 2.16. The predicted molar refractivity (Wildman–Crippen MR) is 94.4 cm³/mol. The van der Waals surface area contributed by atoms with E-state index in [0.717, 1.165) is 11.2 Å². The average Bonchev–Trinajstić information content (AvgIpc) is 3.31. The van der Waals surface area contributed by atoms with Gasteiger partial charge in [-0.1, -0.05) is 18.2 Å². The Kier molecular flexibility index (Phi) is 4.14. The maximum absolute atomic E-state index is 12.5. The number of hydrogen-bond acceptors (Lipinski definition) is 5. The van der Waals surface area contributed by atoms with Crippen LogP contribution < -0.4 is 5.32 Å². The maximum atomic E-state index is 12.5. The lowest BCUT2D eigenvalue weighted by molar-refractivity contribution is 0.0938. The molecule has 130 valence electrons. The van der Waals surface area contributed by atoms with Crippen molar-refractivity contribution in [3.8, 4) is 0 Å². The third-order valence-corrected chi connectivity index (χ3v) is 4.10. The van der Waals surface area contributed by atoms with Gasteiger partial charge in [0.25, 0.3) is 5.91 Å². The minimum Gasteiger partial charge on any atom is -0.342 e. The van der Waals surface area contributed by atoms with Crippen molar-refractivity contribution in [2.45, 2.75) is 19.5 Å². The van der Waals surface area contributed by atoms with E-state index in [0.29, 0.717) is 17.9 Å². The van der Waals surface area contributed by atoms with E-state index in [1.807, 2.05) is 47.9 Å². The van der Waals surface area contributed by atoms with E-state index in [9.17, 15) is 4.79 Å². The topological polar surface area (TPSA) is 90.0 Å². The number of pyridine rings is 1. The van der Waals surface area contributed by atoms with Crippen molar-refractivity contribution < 1.29 is 4.79 Å². The summed E-state index contributed by atoms with van der Waals surface area (Å²) >= 11 is 0. The van der Waals surface area contributed by atoms with Gasteiger partial charge in [0.1, 0.15) is 12.7 Å². The lowest BCUT2D eigenvalue weighted by Gasteiger charge is -2.12. The fraction of sp³-hybridized carbons (Fsp3) is 0.167. The molecule has 0 aliphatic rings. The Morgan fingerprint density at radius 2 is 2.00 bits per heavy atom. The van der Waals surface area contributed by atoms with E-state index in [4.69, 9.17) is 0 Å². The summed E-state index contributed by atoms with van der Waals surface area (Å²) < 4.78 is 3.60. The summed E-state index contributed by atoms with van der Waals surface area (Å²) in [4.78, 5) is 16.4. The lowest BCUT2D eigenvalue weighted by Crippen LogP contribution is -2.28. The van der Waals surface area contributed by atoms with Crippen molar-refractivity contribution in [1.29, 1.82) is 0 Å². The zero-order valence-corrected chi connectivity index (χ0v) is 14.1. The number of rotatable bonds is 5. The van der Waals surface area contributed by atoms with Crippen LogP contribution in [0.3, 0.4) is 0 Å². The molecule has 3 aromatic heterocycles. The van der Waals surface area contributed by atoms with Gasteiger partial charge in [-0.25, -0.2) is 9.67 Å². The molecule has 8 nitrogen and oxygen atoms in total. The molecule has 0 aliphatic carbocycles. The van der Waals surface area contributed by atoms with Crippen molar-refractivity contribution in [3.05, 3.63) is 78.3 Å². The van der Waals surface area contributed by atoms with Gasteiger partial charge in [-0.15, -0.1) is 10.2 Å². The van der Waals surface area contributed by atoms with Gasteiger partial charge >= 0.3 is 0 Å². The van der Waals surface area contributed by atoms with E-state index in [2.05, 4.69) is 25.6 Å². The van der Waals surface area contributed by atoms with Crippen LogP contribution in [-0.2, 0) is 6.54 Å². The Morgan fingerprint density at radius 3 is 2.77 bits per heavy atom. The molecule has 0 bridgehead atoms. The van der Waals surface area contributed by atoms with Gasteiger partial charge in [0, 0.05) is 11.8 Å². The Labute approximate surface area is 149 Å². The van der Waals surface area contributed by atoms with Gasteiger partial charge in [0.05, 0.1) is 12.6 Å². The number of fused-ring (bicyclic) bond motifs is 1. The summed E-state index contributed by atoms with van der Waals surface area (Å²) in [6, 6.07) is 12.8. The number of benzene rings is 1. The molecule has 0 saturated heterocycles. The first-order chi connectivity index (χ1) is 12.7. The smallest absolute Gasteiger partial charge is 0.251 e. The van der Waals surface area contributed by atoms with Crippen molar-refractivity contribution in [2.75, 3.05) is 0 Å². The van der Waals surface area contributed by atoms with E-state index >= 15 is 0 Å². The summed E-state index contributed by atoms with van der Waals surface area (Å²) in [7, 11) is 0. The van der Waals surface area contributed by atoms with Gasteiger partial charge < -0.3 is 5.32 Å². The minimum absolute atomic E-state index is 0.155. The van der Waals surface area contributed by atoms with Crippen LogP contribution in [0.25, 0.3) is 5.65 Å². The van der Waals surface area contributed by atoms with E-state index in [-0.39, 0.29) is 11.9 Å². The molecule has 4 aromatic rings. The average molecular weight is 347 g/mol. The van der Waals surface area contributed by atoms with E-state index in [1.54, 1.807) is 23.1 Å². The summed E-state index contributed by atoms with van der Waals surface area (Å²) in [6.45, 7) is 2.50. The first kappa shape index (κ1) is 15.9. The molecule has 26 heavy (non-hydrogen) atoms. The zero-order valence-electron chi connectivity index (χ0n) is 14.1. The van der Waals surface area contributed by atoms with Gasteiger partial charge in [-0.05, 0) is 36.8 Å². The first-order valence-corrected chi connectivity index (χ1v) is 8.22. The van der Waals surface area contributed by atoms with Crippen LogP contribution in [0.4, 0.5) is 0 Å². The van der Waals surface area contributed by atoms with Crippen molar-refractivity contribution >= 4 is 11.6 Å². The molecule has 0 radical (unpaired) electrons. The summed E-state index contributed by atoms with van der Waals surface area (Å²) in [5.74, 6) is 0.536. The van der Waals surface area contributed by atoms with Crippen LogP contribution in [0, 0.1) is 0 Å². The van der Waals surface area contributed by atoms with Gasteiger partial charge in [0.15, 0.2) is 11.5 Å². The number of nitrogens with one attached hydrogen (secondary N) is 1. The van der Waals surface area contributed by atoms with Crippen LogP contribution in [0.1, 0.15) is 34.7 Å². The summed E-state index contributed by atoms with van der Waals surface area (Å²) in [5, 5.41) is 15.3. The van der Waals surface area contributed by atoms with Gasteiger partial charge in [0.2, 0.25) is 0 Å². The second kappa shape index (κ2) is 6.75. The second-order valence-electron chi connectivity index (χ2n) is 5.97. The monoisotopic (exact) mass is 347 g/mol. The number of carbonyl (C=O) groups is 1. The Morgan fingerprint density at radius 1 is 1.15 bits per heavy atom. The first-order valence-electron chi connectivity index (χ1n) is 8.22. The molecule has 1 atom stereocenters. The molecule has 0 aliphatic heterocycles. The molecule has 8 heteroatoms. The third-order valence-electron chi connectivity index (χ3n) is 4.10. The molecule has 1 aromatic carbocycles. The van der Waals surface area contributed by atoms with Crippen molar-refractivity contribution in [3.63, 3.8) is 0 Å². The number of hydrogen-bond donors (Lipinski definition) is 1. The van der Waals surface area contributed by atoms with Crippen molar-refractivity contribution in [1.82, 2.24) is 34.7 Å². The number of carbonyl (C=O) groups excluding carboxylic acids is 1. The summed E-state index contributed by atoms with van der Waals surface area (Å²) in [6.07, 6.45) is 5.04. The molecule has 1 N–H and O–H groups in total. The molecule has 1 amide bonds. The number of nitrogens with zero attached hydrogens (tertiary/aromatic N) is 6. The van der Waals surface area contributed by atoms with Crippen LogP contribution in [-0.4, -0.2) is 35.3 Å². The number of amides is 1. The highest BCUT2D eigenvalue weighted by atomic mass is 16.1. The Bertz CT molecular complexity index is 1020. The maximum Gasteiger partial charge on any atom is 0.251 e. The Hall–Kier alpha value is -3.55. The Balaban J connectivity index is 1.45. The molecule has 0 spiro atoms. The highest BCUT2D eigenvalue weighted by Crippen LogP contribution is 2.13. The van der Waals surface area contributed by atoms with Gasteiger partial charge in [-0.2, -0.15) is 5.10 Å². The molecule has 1 unspecified atom stereocenters. The molecular formula is C18H17N7O. The van der Waals surface area contributed by atoms with Crippen LogP contribution in [0.15, 0.2) is 61.3 Å².